The molecule has 1 aromatic carbocycles. The van der Waals surface area contributed by atoms with Crippen LogP contribution in [0.3, 0.4) is 0 Å². The molecule has 0 aliphatic carbocycles. The minimum atomic E-state index is -1.27. The molecule has 3 aliphatic rings. The largest absolute Gasteiger partial charge is 0.494 e. The molecule has 1 aromatic rings. The van der Waals surface area contributed by atoms with Crippen molar-refractivity contribution in [2.75, 3.05) is 41.5 Å². The van der Waals surface area contributed by atoms with Gasteiger partial charge in [-0.1, -0.05) is 56.7 Å². The summed E-state index contributed by atoms with van der Waals surface area (Å²) >= 11 is 0. The molecular weight excluding hydrogens is 778 g/mol. The summed E-state index contributed by atoms with van der Waals surface area (Å²) in [5, 5.41) is 45.0. The number of allylic oxidation sites excluding steroid dienone is 3. The Bertz CT molecular complexity index is 1530. The summed E-state index contributed by atoms with van der Waals surface area (Å²) in [6.45, 7) is 11.0. The Morgan fingerprint density at radius 3 is 2.12 bits per heavy atom. The maximum Gasteiger partial charge on any atom is 0.308 e. The van der Waals surface area contributed by atoms with Gasteiger partial charge in [0.2, 0.25) is 0 Å². The fourth-order valence-electron chi connectivity index (χ4n) is 8.53. The predicted octanol–water partition coefficient (Wildman–Crippen LogP) is 3.44. The van der Waals surface area contributed by atoms with Crippen LogP contribution < -0.4 is 4.74 Å². The Morgan fingerprint density at radius 1 is 0.833 bits per heavy atom. The summed E-state index contributed by atoms with van der Waals surface area (Å²) < 4.78 is 48.4. The van der Waals surface area contributed by atoms with Crippen LogP contribution in [-0.2, 0) is 42.7 Å². The van der Waals surface area contributed by atoms with Crippen LogP contribution in [0.1, 0.15) is 67.2 Å². The van der Waals surface area contributed by atoms with Crippen molar-refractivity contribution in [2.45, 2.75) is 147 Å². The number of methoxy groups -OCH3 is 2. The maximum absolute atomic E-state index is 13.9. The number of hydrogen-bond donors (Lipinski definition) is 4. The zero-order valence-corrected chi connectivity index (χ0v) is 37.0. The monoisotopic (exact) mass is 849 g/mol. The zero-order chi connectivity index (χ0) is 44.3. The van der Waals surface area contributed by atoms with Gasteiger partial charge >= 0.3 is 5.97 Å². The Balaban J connectivity index is 1.67. The highest BCUT2D eigenvalue weighted by atomic mass is 16.7. The van der Waals surface area contributed by atoms with Crippen molar-refractivity contribution in [1.29, 1.82) is 0 Å². The quantitative estimate of drug-likeness (QED) is 0.211. The average Bonchev–Trinajstić information content (AvgIpc) is 3.21. The lowest BCUT2D eigenvalue weighted by atomic mass is 9.79. The molecule has 0 bridgehead atoms. The second-order valence-corrected chi connectivity index (χ2v) is 16.9. The third kappa shape index (κ3) is 13.1. The fraction of sp³-hybridized carbons (Fsp3) is 0.733. The predicted molar refractivity (Wildman–Crippen MR) is 222 cm³/mol. The van der Waals surface area contributed by atoms with Crippen molar-refractivity contribution in [1.82, 2.24) is 4.90 Å². The van der Waals surface area contributed by atoms with Gasteiger partial charge in [0.15, 0.2) is 18.4 Å². The first-order valence-electron chi connectivity index (χ1n) is 21.3. The van der Waals surface area contributed by atoms with Gasteiger partial charge in [0.1, 0.15) is 36.3 Å². The van der Waals surface area contributed by atoms with Gasteiger partial charge in [0.25, 0.3) is 0 Å². The number of ether oxygens (including phenoxy) is 8. The van der Waals surface area contributed by atoms with Gasteiger partial charge in [0, 0.05) is 32.0 Å². The summed E-state index contributed by atoms with van der Waals surface area (Å²) in [4.78, 5) is 29.4. The molecule has 4 rings (SSSR count). The Morgan fingerprint density at radius 2 is 1.48 bits per heavy atom. The minimum Gasteiger partial charge on any atom is -0.494 e. The van der Waals surface area contributed by atoms with E-state index in [1.807, 2.05) is 57.2 Å². The van der Waals surface area contributed by atoms with Crippen LogP contribution in [0.2, 0.25) is 0 Å². The van der Waals surface area contributed by atoms with E-state index in [-0.39, 0.29) is 25.4 Å². The molecule has 3 heterocycles. The van der Waals surface area contributed by atoms with Gasteiger partial charge in [-0.15, -0.1) is 0 Å². The molecule has 340 valence electrons. The molecule has 0 aromatic heterocycles. The van der Waals surface area contributed by atoms with E-state index in [0.29, 0.717) is 25.0 Å². The first-order chi connectivity index (χ1) is 28.5. The van der Waals surface area contributed by atoms with Crippen LogP contribution in [-0.4, -0.2) is 158 Å². The van der Waals surface area contributed by atoms with E-state index in [4.69, 9.17) is 37.9 Å². The number of rotatable bonds is 13. The van der Waals surface area contributed by atoms with Gasteiger partial charge in [0.05, 0.1) is 56.2 Å². The third-order valence-corrected chi connectivity index (χ3v) is 12.2. The van der Waals surface area contributed by atoms with E-state index in [9.17, 15) is 30.0 Å². The van der Waals surface area contributed by atoms with Crippen molar-refractivity contribution < 1.29 is 67.9 Å². The molecule has 2 fully saturated rings. The number of carbonyl (C=O) groups excluding carboxylic acids is 2. The van der Waals surface area contributed by atoms with Crippen molar-refractivity contribution in [3.05, 3.63) is 54.1 Å². The summed E-state index contributed by atoms with van der Waals surface area (Å²) in [5.41, 5.74) is 0.732. The molecule has 1 unspecified atom stereocenters. The van der Waals surface area contributed by atoms with E-state index >= 15 is 0 Å². The number of hydrogen-bond acceptors (Lipinski definition) is 15. The SMILES string of the molecule is CC[C@H]1OC(=O)C[C@@H](O)[C@H](C)[C@@H](O[C@@H]2O[C@H](C)[C@H](O)[C@H](N(C)C)[C@H]2O)[C@@H](CCOc2ccccc2)C[C@@H](C)C(=O)/C=C/C(C)=C/[C@@H]1COC1O[C@H](C)[C@@H](O)[C@@H](OC)[C@H]1OC. The molecular formula is C45H71NO14. The first kappa shape index (κ1) is 49.9. The number of esters is 1. The normalized spacial score (nSPS) is 40.4. The van der Waals surface area contributed by atoms with Gasteiger partial charge in [-0.25, -0.2) is 0 Å². The molecule has 0 spiro atoms. The molecule has 15 heteroatoms. The number of benzene rings is 1. The van der Waals surface area contributed by atoms with Crippen molar-refractivity contribution >= 4 is 11.8 Å². The van der Waals surface area contributed by atoms with Crippen LogP contribution in [0.15, 0.2) is 54.1 Å². The lowest BCUT2D eigenvalue weighted by Gasteiger charge is -2.46. The number of carbonyl (C=O) groups is 2. The van der Waals surface area contributed by atoms with Crippen molar-refractivity contribution in [2.24, 2.45) is 23.7 Å². The summed E-state index contributed by atoms with van der Waals surface area (Å²) in [5.74, 6) is -2.27. The van der Waals surface area contributed by atoms with E-state index in [1.165, 1.54) is 20.3 Å². The van der Waals surface area contributed by atoms with Gasteiger partial charge in [-0.3, -0.25) is 9.59 Å². The molecule has 15 nitrogen and oxygen atoms in total. The number of ketones is 1. The standard InChI is InChI=1S/C45H71NO14/c1-11-35-31(24-56-45-43(54-10)42(53-9)39(51)29(6)58-45)21-25(2)17-18-33(47)26(3)22-30(19-20-55-32-15-13-12-14-16-32)41(27(4)34(48)23-36(49)59-35)60-44-40(52)37(46(7)8)38(50)28(5)57-44/h12-18,21,26-31,34-35,37-45,48,50-52H,11,19-20,22-24H2,1-10H3/b18-17+,25-21+/t26-,27+,28-,29-,30+,31-,34-,35-,37+,38+,39-,40-,41-,42-,43-,44+,45?/m1/s1. The number of para-hydroxylation sites is 1. The molecule has 4 N–H and O–H groups in total. The molecule has 0 radical (unpaired) electrons. The van der Waals surface area contributed by atoms with E-state index < -0.39 is 109 Å². The number of nitrogens with zero attached hydrogens (tertiary/aromatic N) is 1. The molecule has 60 heavy (non-hydrogen) atoms. The lowest BCUT2D eigenvalue weighted by Crippen LogP contribution is -2.63. The molecule has 2 saturated heterocycles. The highest BCUT2D eigenvalue weighted by molar-refractivity contribution is 5.91. The molecule has 17 atom stereocenters. The minimum absolute atomic E-state index is 0.0253. The van der Waals surface area contributed by atoms with Gasteiger partial charge in [-0.2, -0.15) is 0 Å². The Hall–Kier alpha value is -2.80. The zero-order valence-electron chi connectivity index (χ0n) is 37.0. The van der Waals surface area contributed by atoms with Crippen LogP contribution in [0.4, 0.5) is 0 Å². The van der Waals surface area contributed by atoms with E-state index in [0.717, 1.165) is 5.57 Å². The third-order valence-electron chi connectivity index (χ3n) is 12.2. The summed E-state index contributed by atoms with van der Waals surface area (Å²) in [6, 6.07) is 8.62. The maximum atomic E-state index is 13.9. The van der Waals surface area contributed by atoms with Crippen LogP contribution >= 0.6 is 0 Å². The molecule has 0 amide bonds. The van der Waals surface area contributed by atoms with E-state index in [2.05, 4.69) is 0 Å². The van der Waals surface area contributed by atoms with Crippen LogP contribution in [0, 0.1) is 23.7 Å². The highest BCUT2D eigenvalue weighted by Crippen LogP contribution is 2.35. The van der Waals surface area contributed by atoms with E-state index in [1.54, 1.807) is 45.8 Å². The Kier molecular flexibility index (Phi) is 19.6. The second kappa shape index (κ2) is 23.6. The smallest absolute Gasteiger partial charge is 0.308 e. The fourth-order valence-corrected chi connectivity index (χ4v) is 8.53. The second-order valence-electron chi connectivity index (χ2n) is 16.9. The highest BCUT2D eigenvalue weighted by Gasteiger charge is 2.48. The number of aliphatic hydroxyl groups is 4. The number of likely N-dealkylation sites (N-methyl/N-ethyl adjacent to an activating group) is 1. The Labute approximate surface area is 355 Å². The summed E-state index contributed by atoms with van der Waals surface area (Å²) in [6.07, 6.45) is -5.01. The lowest BCUT2D eigenvalue weighted by molar-refractivity contribution is -0.304. The van der Waals surface area contributed by atoms with Crippen molar-refractivity contribution in [3.8, 4) is 5.75 Å². The molecule has 0 saturated carbocycles. The average molecular weight is 850 g/mol. The van der Waals surface area contributed by atoms with Crippen LogP contribution in [0.5, 0.6) is 5.75 Å². The van der Waals surface area contributed by atoms with Crippen molar-refractivity contribution in [3.63, 3.8) is 0 Å². The van der Waals surface area contributed by atoms with Gasteiger partial charge < -0.3 is 63.2 Å². The first-order valence-corrected chi connectivity index (χ1v) is 21.3. The summed E-state index contributed by atoms with van der Waals surface area (Å²) in [7, 11) is 6.46. The van der Waals surface area contributed by atoms with Gasteiger partial charge in [-0.05, 0) is 78.3 Å². The van der Waals surface area contributed by atoms with Crippen LogP contribution in [0.25, 0.3) is 0 Å². The topological polar surface area (TPSA) is 192 Å². The molecule has 3 aliphatic heterocycles. The number of cyclic esters (lactones) is 1. The number of aliphatic hydroxyl groups excluding tert-OH is 4.